The lowest BCUT2D eigenvalue weighted by molar-refractivity contribution is 0.0575. The highest BCUT2D eigenvalue weighted by atomic mass is 79.9. The van der Waals surface area contributed by atoms with Crippen molar-refractivity contribution in [3.8, 4) is 11.5 Å². The maximum absolute atomic E-state index is 12.6. The van der Waals surface area contributed by atoms with Gasteiger partial charge in [0.1, 0.15) is 17.1 Å². The Morgan fingerprint density at radius 2 is 2.12 bits per heavy atom. The molecule has 132 valence electrons. The summed E-state index contributed by atoms with van der Waals surface area (Å²) in [7, 11) is 1.50. The minimum atomic E-state index is -0.279. The number of rotatable bonds is 4. The molecule has 2 N–H and O–H groups in total. The molecule has 2 atom stereocenters. The lowest BCUT2D eigenvalue weighted by atomic mass is 9.83. The van der Waals surface area contributed by atoms with Gasteiger partial charge in [-0.1, -0.05) is 6.42 Å². The molecule has 0 bridgehead atoms. The van der Waals surface area contributed by atoms with Crippen molar-refractivity contribution in [2.75, 3.05) is 26.7 Å². The molecule has 3 rings (SSSR count). The fraction of sp³-hybridized carbons (Fsp3) is 0.611. The summed E-state index contributed by atoms with van der Waals surface area (Å²) in [5.74, 6) is 0.521. The molecule has 0 radical (unpaired) electrons. The minimum Gasteiger partial charge on any atom is -0.506 e. The third-order valence-corrected chi connectivity index (χ3v) is 5.93. The Labute approximate surface area is 151 Å². The number of hydrogen-bond donors (Lipinski definition) is 2. The fourth-order valence-electron chi connectivity index (χ4n) is 4.06. The number of hydrogen-bond acceptors (Lipinski definition) is 4. The Balaban J connectivity index is 1.68. The van der Waals surface area contributed by atoms with Gasteiger partial charge < -0.3 is 20.1 Å². The fourth-order valence-corrected chi connectivity index (χ4v) is 4.39. The van der Waals surface area contributed by atoms with Gasteiger partial charge in [-0.25, -0.2) is 0 Å². The molecule has 0 saturated carbocycles. The quantitative estimate of drug-likeness (QED) is 0.820. The Kier molecular flexibility index (Phi) is 5.66. The van der Waals surface area contributed by atoms with Crippen molar-refractivity contribution < 1.29 is 14.6 Å². The minimum absolute atomic E-state index is 0.0743. The summed E-state index contributed by atoms with van der Waals surface area (Å²) >= 11 is 3.26. The van der Waals surface area contributed by atoms with Crippen LogP contribution in [0.1, 0.15) is 42.5 Å². The first-order valence-corrected chi connectivity index (χ1v) is 9.49. The molecule has 0 spiro atoms. The number of fused-ring (bicyclic) bond motifs is 1. The number of carbonyl (C=O) groups is 1. The van der Waals surface area contributed by atoms with E-state index in [4.69, 9.17) is 4.74 Å². The van der Waals surface area contributed by atoms with Crippen molar-refractivity contribution in [1.82, 2.24) is 10.2 Å². The van der Waals surface area contributed by atoms with Crippen LogP contribution in [0.15, 0.2) is 16.6 Å². The predicted octanol–water partition coefficient (Wildman–Crippen LogP) is 3.16. The first-order chi connectivity index (χ1) is 11.6. The van der Waals surface area contributed by atoms with E-state index in [1.54, 1.807) is 12.1 Å². The third kappa shape index (κ3) is 3.54. The number of benzene rings is 1. The summed E-state index contributed by atoms with van der Waals surface area (Å²) in [4.78, 5) is 15.2. The Hall–Kier alpha value is -1.27. The number of halogens is 1. The summed E-state index contributed by atoms with van der Waals surface area (Å²) < 4.78 is 5.72. The third-order valence-electron chi connectivity index (χ3n) is 5.29. The van der Waals surface area contributed by atoms with Crippen LogP contribution >= 0.6 is 15.9 Å². The first kappa shape index (κ1) is 17.5. The summed E-state index contributed by atoms with van der Waals surface area (Å²) in [6.45, 7) is 3.03. The molecule has 5 nitrogen and oxygen atoms in total. The van der Waals surface area contributed by atoms with E-state index in [1.807, 2.05) is 0 Å². The van der Waals surface area contributed by atoms with E-state index in [1.165, 1.54) is 45.9 Å². The zero-order chi connectivity index (χ0) is 17.1. The normalized spacial score (nSPS) is 24.2. The molecule has 2 saturated heterocycles. The van der Waals surface area contributed by atoms with Crippen LogP contribution in [0.2, 0.25) is 0 Å². The standard InChI is InChI=1S/C18H25BrN2O3/c1-24-15-8-7-13(19)17(22)16(15)18(23)20-11-12-5-4-10-21-9-3-2-6-14(12)21/h7-8,12,14,22H,2-6,9-11H2,1H3,(H,20,23)/t12-,14+/m0/s1. The lowest BCUT2D eigenvalue weighted by Gasteiger charge is -2.44. The highest BCUT2D eigenvalue weighted by Crippen LogP contribution is 2.35. The van der Waals surface area contributed by atoms with Gasteiger partial charge in [0, 0.05) is 12.6 Å². The first-order valence-electron chi connectivity index (χ1n) is 8.69. The number of piperidine rings is 2. The molecule has 6 heteroatoms. The van der Waals surface area contributed by atoms with Crippen LogP contribution in [0.25, 0.3) is 0 Å². The second kappa shape index (κ2) is 7.74. The van der Waals surface area contributed by atoms with E-state index >= 15 is 0 Å². The van der Waals surface area contributed by atoms with Crippen LogP contribution in [-0.2, 0) is 0 Å². The largest absolute Gasteiger partial charge is 0.506 e. The van der Waals surface area contributed by atoms with Crippen molar-refractivity contribution in [2.24, 2.45) is 5.92 Å². The monoisotopic (exact) mass is 396 g/mol. The van der Waals surface area contributed by atoms with Crippen LogP contribution in [0, 0.1) is 5.92 Å². The molecule has 0 unspecified atom stereocenters. The molecule has 24 heavy (non-hydrogen) atoms. The van der Waals surface area contributed by atoms with E-state index in [9.17, 15) is 9.90 Å². The van der Waals surface area contributed by atoms with Gasteiger partial charge in [0.05, 0.1) is 11.6 Å². The SMILES string of the molecule is COc1ccc(Br)c(O)c1C(=O)NC[C@@H]1CCCN2CCCC[C@H]12. The van der Waals surface area contributed by atoms with Crippen LogP contribution in [0.4, 0.5) is 0 Å². The van der Waals surface area contributed by atoms with Gasteiger partial charge in [0.2, 0.25) is 0 Å². The van der Waals surface area contributed by atoms with Crippen molar-refractivity contribution in [3.63, 3.8) is 0 Å². The van der Waals surface area contributed by atoms with Crippen LogP contribution in [0.5, 0.6) is 11.5 Å². The molecule has 1 amide bonds. The maximum atomic E-state index is 12.6. The number of ether oxygens (including phenoxy) is 1. The average molecular weight is 397 g/mol. The van der Waals surface area contributed by atoms with Crippen molar-refractivity contribution >= 4 is 21.8 Å². The van der Waals surface area contributed by atoms with Crippen LogP contribution in [-0.4, -0.2) is 48.7 Å². The highest BCUT2D eigenvalue weighted by molar-refractivity contribution is 9.10. The second-order valence-corrected chi connectivity index (χ2v) is 7.54. The topological polar surface area (TPSA) is 61.8 Å². The molecule has 1 aromatic rings. The molecular weight excluding hydrogens is 372 g/mol. The molecule has 2 fully saturated rings. The number of aromatic hydroxyl groups is 1. The molecule has 2 heterocycles. The van der Waals surface area contributed by atoms with Gasteiger partial charge in [0.25, 0.3) is 5.91 Å². The van der Waals surface area contributed by atoms with Gasteiger partial charge in [-0.2, -0.15) is 0 Å². The van der Waals surface area contributed by atoms with E-state index in [0.717, 1.165) is 6.42 Å². The number of methoxy groups -OCH3 is 1. The summed E-state index contributed by atoms with van der Waals surface area (Å²) in [6.07, 6.45) is 6.15. The van der Waals surface area contributed by atoms with E-state index in [-0.39, 0.29) is 17.2 Å². The van der Waals surface area contributed by atoms with Gasteiger partial charge >= 0.3 is 0 Å². The molecule has 0 aliphatic carbocycles. The molecular formula is C18H25BrN2O3. The second-order valence-electron chi connectivity index (χ2n) is 6.68. The summed E-state index contributed by atoms with van der Waals surface area (Å²) in [5, 5.41) is 13.2. The zero-order valence-electron chi connectivity index (χ0n) is 14.1. The number of nitrogens with one attached hydrogen (secondary N) is 1. The molecule has 0 aromatic heterocycles. The number of nitrogens with zero attached hydrogens (tertiary/aromatic N) is 1. The van der Waals surface area contributed by atoms with Gasteiger partial charge in [-0.05, 0) is 72.8 Å². The van der Waals surface area contributed by atoms with Crippen molar-refractivity contribution in [1.29, 1.82) is 0 Å². The number of phenols is 1. The Bertz CT molecular complexity index is 606. The van der Waals surface area contributed by atoms with E-state index in [0.29, 0.717) is 28.7 Å². The van der Waals surface area contributed by atoms with E-state index in [2.05, 4.69) is 26.1 Å². The van der Waals surface area contributed by atoms with Gasteiger partial charge in [-0.3, -0.25) is 4.79 Å². The van der Waals surface area contributed by atoms with Crippen LogP contribution in [0.3, 0.4) is 0 Å². The molecule has 2 aliphatic rings. The number of carbonyl (C=O) groups excluding carboxylic acids is 1. The van der Waals surface area contributed by atoms with Crippen molar-refractivity contribution in [3.05, 3.63) is 22.2 Å². The smallest absolute Gasteiger partial charge is 0.258 e. The van der Waals surface area contributed by atoms with E-state index < -0.39 is 0 Å². The zero-order valence-corrected chi connectivity index (χ0v) is 15.6. The summed E-state index contributed by atoms with van der Waals surface area (Å²) in [5.41, 5.74) is 0.197. The van der Waals surface area contributed by atoms with Gasteiger partial charge in [-0.15, -0.1) is 0 Å². The number of phenolic OH excluding ortho intramolecular Hbond substituents is 1. The van der Waals surface area contributed by atoms with Crippen molar-refractivity contribution in [2.45, 2.75) is 38.1 Å². The van der Waals surface area contributed by atoms with Gasteiger partial charge in [0.15, 0.2) is 0 Å². The maximum Gasteiger partial charge on any atom is 0.258 e. The lowest BCUT2D eigenvalue weighted by Crippen LogP contribution is -2.51. The Morgan fingerprint density at radius 1 is 1.33 bits per heavy atom. The van der Waals surface area contributed by atoms with Crippen LogP contribution < -0.4 is 10.1 Å². The molecule has 2 aliphatic heterocycles. The summed E-state index contributed by atoms with van der Waals surface area (Å²) in [6, 6.07) is 3.94. The molecule has 1 aromatic carbocycles. The average Bonchev–Trinajstić information content (AvgIpc) is 2.61. The Morgan fingerprint density at radius 3 is 2.92 bits per heavy atom. The number of amides is 1. The predicted molar refractivity (Wildman–Crippen MR) is 96.6 cm³/mol. The highest BCUT2D eigenvalue weighted by Gasteiger charge is 2.33.